The van der Waals surface area contributed by atoms with Gasteiger partial charge in [0, 0.05) is 12.2 Å². The molecule has 0 fully saturated rings. The molecule has 84 valence electrons. The van der Waals surface area contributed by atoms with Crippen LogP contribution in [0.2, 0.25) is 0 Å². The Labute approximate surface area is 91.7 Å². The molecule has 15 heavy (non-hydrogen) atoms. The van der Waals surface area contributed by atoms with Crippen LogP contribution in [0.4, 0.5) is 0 Å². The molecule has 0 amide bonds. The summed E-state index contributed by atoms with van der Waals surface area (Å²) in [6.07, 6.45) is 5.62. The lowest BCUT2D eigenvalue weighted by atomic mass is 9.93. The third-order valence-corrected chi connectivity index (χ3v) is 3.41. The van der Waals surface area contributed by atoms with Crippen molar-refractivity contribution in [3.63, 3.8) is 0 Å². The molecule has 0 saturated carbocycles. The van der Waals surface area contributed by atoms with Gasteiger partial charge in [-0.3, -0.25) is 0 Å². The maximum absolute atomic E-state index is 5.66. The van der Waals surface area contributed by atoms with E-state index in [0.29, 0.717) is 11.8 Å². The molecule has 0 radical (unpaired) electrons. The topological polar surface area (TPSA) is 43.8 Å². The maximum Gasteiger partial charge on any atom is 0.0951 e. The van der Waals surface area contributed by atoms with Crippen molar-refractivity contribution in [3.05, 3.63) is 17.7 Å². The van der Waals surface area contributed by atoms with E-state index >= 15 is 0 Å². The van der Waals surface area contributed by atoms with Crippen molar-refractivity contribution in [2.45, 2.75) is 45.6 Å². The fourth-order valence-electron chi connectivity index (χ4n) is 2.45. The molecule has 3 heteroatoms. The van der Waals surface area contributed by atoms with Crippen molar-refractivity contribution in [1.29, 1.82) is 0 Å². The summed E-state index contributed by atoms with van der Waals surface area (Å²) < 4.78 is 2.33. The first-order valence-electron chi connectivity index (χ1n) is 5.96. The molecule has 2 heterocycles. The number of aromatic nitrogens is 2. The summed E-state index contributed by atoms with van der Waals surface area (Å²) in [5, 5.41) is 0. The van der Waals surface area contributed by atoms with Crippen molar-refractivity contribution in [1.82, 2.24) is 9.55 Å². The van der Waals surface area contributed by atoms with E-state index in [9.17, 15) is 0 Å². The van der Waals surface area contributed by atoms with Crippen LogP contribution in [0, 0.1) is 5.92 Å². The highest BCUT2D eigenvalue weighted by Gasteiger charge is 2.21. The standard InChI is InChI=1S/C12H21N3/c1-9(7-13)6-11-12-10(2)4-3-5-15(12)8-14-11/h8-10H,3-7,13H2,1-2H3. The molecule has 2 unspecified atom stereocenters. The van der Waals surface area contributed by atoms with Gasteiger partial charge in [-0.25, -0.2) is 4.98 Å². The van der Waals surface area contributed by atoms with E-state index in [2.05, 4.69) is 23.4 Å². The molecule has 2 atom stereocenters. The molecular formula is C12H21N3. The van der Waals surface area contributed by atoms with Gasteiger partial charge in [-0.15, -0.1) is 0 Å². The fourth-order valence-corrected chi connectivity index (χ4v) is 2.45. The van der Waals surface area contributed by atoms with E-state index in [1.807, 2.05) is 6.33 Å². The zero-order valence-corrected chi connectivity index (χ0v) is 9.74. The Morgan fingerprint density at radius 2 is 2.47 bits per heavy atom. The van der Waals surface area contributed by atoms with Gasteiger partial charge in [-0.2, -0.15) is 0 Å². The first-order chi connectivity index (χ1) is 7.22. The molecule has 2 rings (SSSR count). The normalized spacial score (nSPS) is 22.5. The lowest BCUT2D eigenvalue weighted by Gasteiger charge is -2.22. The van der Waals surface area contributed by atoms with Crippen LogP contribution in [0.3, 0.4) is 0 Å². The quantitative estimate of drug-likeness (QED) is 0.823. The molecule has 1 aliphatic heterocycles. The van der Waals surface area contributed by atoms with Crippen LogP contribution >= 0.6 is 0 Å². The molecule has 0 bridgehead atoms. The molecule has 0 aromatic carbocycles. The zero-order valence-electron chi connectivity index (χ0n) is 9.74. The summed E-state index contributed by atoms with van der Waals surface area (Å²) >= 11 is 0. The summed E-state index contributed by atoms with van der Waals surface area (Å²) in [4.78, 5) is 4.54. The van der Waals surface area contributed by atoms with Crippen LogP contribution in [0.5, 0.6) is 0 Å². The average Bonchev–Trinajstić information content (AvgIpc) is 2.63. The van der Waals surface area contributed by atoms with Crippen LogP contribution in [-0.4, -0.2) is 16.1 Å². The molecule has 2 N–H and O–H groups in total. The molecule has 0 saturated heterocycles. The predicted molar refractivity (Wildman–Crippen MR) is 61.8 cm³/mol. The number of imidazole rings is 1. The summed E-state index contributed by atoms with van der Waals surface area (Å²) in [7, 11) is 0. The third-order valence-electron chi connectivity index (χ3n) is 3.41. The van der Waals surface area contributed by atoms with Gasteiger partial charge in [-0.05, 0) is 37.6 Å². The average molecular weight is 207 g/mol. The van der Waals surface area contributed by atoms with Crippen LogP contribution < -0.4 is 5.73 Å². The Bertz CT molecular complexity index is 330. The molecule has 0 aliphatic carbocycles. The Balaban J connectivity index is 2.21. The minimum absolute atomic E-state index is 0.540. The van der Waals surface area contributed by atoms with Crippen molar-refractivity contribution >= 4 is 0 Å². The van der Waals surface area contributed by atoms with E-state index in [1.165, 1.54) is 24.2 Å². The minimum atomic E-state index is 0.540. The lowest BCUT2D eigenvalue weighted by molar-refractivity contribution is 0.467. The molecule has 3 nitrogen and oxygen atoms in total. The second-order valence-corrected chi connectivity index (χ2v) is 4.86. The molecule has 0 spiro atoms. The summed E-state index contributed by atoms with van der Waals surface area (Å²) in [5.74, 6) is 1.21. The van der Waals surface area contributed by atoms with Gasteiger partial charge in [0.15, 0.2) is 0 Å². The van der Waals surface area contributed by atoms with Gasteiger partial charge in [0.25, 0.3) is 0 Å². The van der Waals surface area contributed by atoms with Gasteiger partial charge in [0.1, 0.15) is 0 Å². The zero-order chi connectivity index (χ0) is 10.8. The lowest BCUT2D eigenvalue weighted by Crippen LogP contribution is -2.17. The van der Waals surface area contributed by atoms with E-state index in [1.54, 1.807) is 0 Å². The van der Waals surface area contributed by atoms with Crippen molar-refractivity contribution in [2.24, 2.45) is 11.7 Å². The number of fused-ring (bicyclic) bond motifs is 1. The minimum Gasteiger partial charge on any atom is -0.334 e. The molecule has 1 aliphatic rings. The highest BCUT2D eigenvalue weighted by molar-refractivity contribution is 5.19. The number of rotatable bonds is 3. The third kappa shape index (κ3) is 2.07. The molecule has 1 aromatic rings. The Morgan fingerprint density at radius 1 is 1.67 bits per heavy atom. The van der Waals surface area contributed by atoms with Crippen LogP contribution in [0.25, 0.3) is 0 Å². The van der Waals surface area contributed by atoms with Gasteiger partial charge in [-0.1, -0.05) is 13.8 Å². The predicted octanol–water partition coefficient (Wildman–Crippen LogP) is 1.92. The SMILES string of the molecule is CC(CN)Cc1ncn2c1C(C)CCC2. The van der Waals surface area contributed by atoms with Gasteiger partial charge in [0.05, 0.1) is 12.0 Å². The van der Waals surface area contributed by atoms with E-state index < -0.39 is 0 Å². The number of nitrogens with two attached hydrogens (primary N) is 1. The number of aryl methyl sites for hydroxylation is 1. The van der Waals surface area contributed by atoms with E-state index in [-0.39, 0.29) is 0 Å². The highest BCUT2D eigenvalue weighted by Crippen LogP contribution is 2.29. The highest BCUT2D eigenvalue weighted by atomic mass is 15.1. The van der Waals surface area contributed by atoms with Crippen LogP contribution in [0.1, 0.15) is 44.0 Å². The number of hydrogen-bond donors (Lipinski definition) is 1. The maximum atomic E-state index is 5.66. The van der Waals surface area contributed by atoms with Crippen molar-refractivity contribution < 1.29 is 0 Å². The van der Waals surface area contributed by atoms with Crippen LogP contribution in [-0.2, 0) is 13.0 Å². The van der Waals surface area contributed by atoms with E-state index in [4.69, 9.17) is 5.73 Å². The molecule has 1 aromatic heterocycles. The second kappa shape index (κ2) is 4.35. The molecular weight excluding hydrogens is 186 g/mol. The Hall–Kier alpha value is -0.830. The summed E-state index contributed by atoms with van der Waals surface area (Å²) in [6.45, 7) is 6.40. The van der Waals surface area contributed by atoms with E-state index in [0.717, 1.165) is 19.5 Å². The van der Waals surface area contributed by atoms with Gasteiger partial charge >= 0.3 is 0 Å². The largest absolute Gasteiger partial charge is 0.334 e. The van der Waals surface area contributed by atoms with Crippen molar-refractivity contribution in [2.75, 3.05) is 6.54 Å². The van der Waals surface area contributed by atoms with Gasteiger partial charge < -0.3 is 10.3 Å². The smallest absolute Gasteiger partial charge is 0.0951 e. The van der Waals surface area contributed by atoms with Gasteiger partial charge in [0.2, 0.25) is 0 Å². The second-order valence-electron chi connectivity index (χ2n) is 4.86. The number of hydrogen-bond acceptors (Lipinski definition) is 2. The monoisotopic (exact) mass is 207 g/mol. The van der Waals surface area contributed by atoms with Crippen LogP contribution in [0.15, 0.2) is 6.33 Å². The first-order valence-corrected chi connectivity index (χ1v) is 5.96. The first kappa shape index (κ1) is 10.7. The number of nitrogens with zero attached hydrogens (tertiary/aromatic N) is 2. The summed E-state index contributed by atoms with van der Waals surface area (Å²) in [6, 6.07) is 0. The summed E-state index contributed by atoms with van der Waals surface area (Å²) in [5.41, 5.74) is 8.40. The fraction of sp³-hybridized carbons (Fsp3) is 0.750. The Kier molecular flexibility index (Phi) is 3.10. The van der Waals surface area contributed by atoms with Crippen molar-refractivity contribution in [3.8, 4) is 0 Å². The Morgan fingerprint density at radius 3 is 3.20 bits per heavy atom.